The summed E-state index contributed by atoms with van der Waals surface area (Å²) in [6.45, 7) is 0.307. The number of benzene rings is 1. The van der Waals surface area contributed by atoms with Gasteiger partial charge in [-0.05, 0) is 35.9 Å². The van der Waals surface area contributed by atoms with Crippen molar-refractivity contribution >= 4 is 23.4 Å². The van der Waals surface area contributed by atoms with Crippen molar-refractivity contribution in [2.24, 2.45) is 5.73 Å². The minimum Gasteiger partial charge on any atom is -0.391 e. The maximum atomic E-state index is 9.84. The van der Waals surface area contributed by atoms with E-state index in [9.17, 15) is 5.11 Å². The van der Waals surface area contributed by atoms with Crippen molar-refractivity contribution in [3.63, 3.8) is 0 Å². The maximum Gasteiger partial charge on any atom is 0.0731 e. The predicted octanol–water partition coefficient (Wildman–Crippen LogP) is 2.24. The maximum absolute atomic E-state index is 9.84. The number of rotatable bonds is 2. The second-order valence-corrected chi connectivity index (χ2v) is 5.30. The first kappa shape index (κ1) is 11.3. The number of hydrogen-bond donors (Lipinski definition) is 2. The lowest BCUT2D eigenvalue weighted by Crippen LogP contribution is -2.29. The zero-order valence-electron chi connectivity index (χ0n) is 8.32. The van der Waals surface area contributed by atoms with E-state index in [0.29, 0.717) is 6.54 Å². The molecule has 0 radical (unpaired) electrons. The molecule has 15 heavy (non-hydrogen) atoms. The van der Waals surface area contributed by atoms with Gasteiger partial charge in [-0.15, -0.1) is 11.8 Å². The van der Waals surface area contributed by atoms with E-state index in [0.717, 1.165) is 22.8 Å². The normalized spacial score (nSPS) is 22.2. The van der Waals surface area contributed by atoms with Gasteiger partial charge in [0.2, 0.25) is 0 Å². The van der Waals surface area contributed by atoms with Crippen LogP contribution < -0.4 is 5.73 Å². The Hall–Kier alpha value is -0.220. The van der Waals surface area contributed by atoms with Crippen LogP contribution in [0.1, 0.15) is 17.9 Å². The van der Waals surface area contributed by atoms with Crippen molar-refractivity contribution in [3.8, 4) is 0 Å². The van der Waals surface area contributed by atoms with Gasteiger partial charge >= 0.3 is 0 Å². The summed E-state index contributed by atoms with van der Waals surface area (Å²) in [7, 11) is 0. The molecule has 0 spiro atoms. The first-order valence-corrected chi connectivity index (χ1v) is 6.39. The van der Waals surface area contributed by atoms with E-state index in [2.05, 4.69) is 0 Å². The predicted molar refractivity (Wildman–Crippen MR) is 64.6 cm³/mol. The lowest BCUT2D eigenvalue weighted by molar-refractivity contribution is 0.147. The first-order valence-electron chi connectivity index (χ1n) is 5.02. The Morgan fingerprint density at radius 3 is 3.13 bits per heavy atom. The van der Waals surface area contributed by atoms with Gasteiger partial charge in [0.05, 0.1) is 6.10 Å². The monoisotopic (exact) mass is 243 g/mol. The quantitative estimate of drug-likeness (QED) is 0.838. The Bertz CT molecular complexity index is 358. The molecule has 2 nitrogen and oxygen atoms in total. The van der Waals surface area contributed by atoms with Crippen molar-refractivity contribution in [2.75, 3.05) is 12.3 Å². The molecule has 4 heteroatoms. The molecule has 0 bridgehead atoms. The van der Waals surface area contributed by atoms with E-state index < -0.39 is 6.10 Å². The van der Waals surface area contributed by atoms with Crippen LogP contribution in [0.2, 0.25) is 5.02 Å². The molecular weight excluding hydrogens is 230 g/mol. The lowest BCUT2D eigenvalue weighted by atomic mass is 9.90. The van der Waals surface area contributed by atoms with E-state index in [-0.39, 0.29) is 5.92 Å². The second-order valence-electron chi connectivity index (χ2n) is 3.73. The Labute approximate surface area is 98.8 Å². The molecule has 0 amide bonds. The number of hydrogen-bond acceptors (Lipinski definition) is 3. The highest BCUT2D eigenvalue weighted by Crippen LogP contribution is 2.40. The number of thioether (sulfide) groups is 1. The Morgan fingerprint density at radius 2 is 2.40 bits per heavy atom. The summed E-state index contributed by atoms with van der Waals surface area (Å²) in [6, 6.07) is 5.87. The van der Waals surface area contributed by atoms with Crippen molar-refractivity contribution < 1.29 is 5.11 Å². The molecule has 2 unspecified atom stereocenters. The van der Waals surface area contributed by atoms with E-state index in [4.69, 9.17) is 17.3 Å². The van der Waals surface area contributed by atoms with Gasteiger partial charge in [0, 0.05) is 22.4 Å². The first-order chi connectivity index (χ1) is 7.22. The van der Waals surface area contributed by atoms with Crippen LogP contribution in [0.3, 0.4) is 0 Å². The molecule has 3 N–H and O–H groups in total. The summed E-state index contributed by atoms with van der Waals surface area (Å²) < 4.78 is 0. The van der Waals surface area contributed by atoms with Crippen molar-refractivity contribution in [3.05, 3.63) is 28.8 Å². The molecule has 1 heterocycles. The van der Waals surface area contributed by atoms with Crippen LogP contribution in [0, 0.1) is 0 Å². The van der Waals surface area contributed by atoms with Crippen LogP contribution in [0.5, 0.6) is 0 Å². The Kier molecular flexibility index (Phi) is 3.57. The minimum absolute atomic E-state index is 0.143. The summed E-state index contributed by atoms with van der Waals surface area (Å²) in [6.07, 6.45) is 0.513. The number of halogens is 1. The molecular formula is C11H14ClNOS. The standard InChI is InChI=1S/C11H14ClNOS/c12-7-1-2-11-9(5-7)8(3-4-15-11)10(14)6-13/h1-2,5,8,10,14H,3-4,6,13H2. The molecule has 0 fully saturated rings. The van der Waals surface area contributed by atoms with Gasteiger partial charge in [-0.1, -0.05) is 11.6 Å². The molecule has 0 aliphatic carbocycles. The fraction of sp³-hybridized carbons (Fsp3) is 0.455. The molecule has 0 saturated carbocycles. The van der Waals surface area contributed by atoms with Gasteiger partial charge in [-0.2, -0.15) is 0 Å². The number of aliphatic hydroxyl groups is 1. The highest BCUT2D eigenvalue weighted by atomic mass is 35.5. The van der Waals surface area contributed by atoms with Crippen LogP contribution in [0.15, 0.2) is 23.1 Å². The van der Waals surface area contributed by atoms with Gasteiger partial charge in [-0.25, -0.2) is 0 Å². The third-order valence-corrected chi connectivity index (χ3v) is 4.12. The summed E-state index contributed by atoms with van der Waals surface area (Å²) in [5.74, 6) is 1.18. The van der Waals surface area contributed by atoms with Crippen molar-refractivity contribution in [1.29, 1.82) is 0 Å². The highest BCUT2D eigenvalue weighted by molar-refractivity contribution is 7.99. The molecule has 0 saturated heterocycles. The molecule has 2 atom stereocenters. The Balaban J connectivity index is 2.36. The third kappa shape index (κ3) is 2.31. The number of fused-ring (bicyclic) bond motifs is 1. The lowest BCUT2D eigenvalue weighted by Gasteiger charge is -2.28. The van der Waals surface area contributed by atoms with E-state index in [1.807, 2.05) is 30.0 Å². The fourth-order valence-corrected chi connectivity index (χ4v) is 3.27. The molecule has 0 aromatic heterocycles. The van der Waals surface area contributed by atoms with Crippen molar-refractivity contribution in [2.45, 2.75) is 23.3 Å². The van der Waals surface area contributed by atoms with Crippen LogP contribution >= 0.6 is 23.4 Å². The van der Waals surface area contributed by atoms with E-state index in [1.165, 1.54) is 4.90 Å². The SMILES string of the molecule is NCC(O)C1CCSc2ccc(Cl)cc21. The zero-order chi connectivity index (χ0) is 10.8. The van der Waals surface area contributed by atoms with Gasteiger partial charge in [-0.3, -0.25) is 0 Å². The largest absolute Gasteiger partial charge is 0.391 e. The molecule has 1 aliphatic heterocycles. The molecule has 1 aromatic rings. The molecule has 1 aromatic carbocycles. The van der Waals surface area contributed by atoms with Crippen LogP contribution in [-0.4, -0.2) is 23.5 Å². The van der Waals surface area contributed by atoms with Crippen LogP contribution in [0.25, 0.3) is 0 Å². The second kappa shape index (κ2) is 4.74. The average molecular weight is 244 g/mol. The summed E-state index contributed by atoms with van der Waals surface area (Å²) in [4.78, 5) is 1.23. The minimum atomic E-state index is -0.455. The van der Waals surface area contributed by atoms with Gasteiger partial charge < -0.3 is 10.8 Å². The topological polar surface area (TPSA) is 46.2 Å². The smallest absolute Gasteiger partial charge is 0.0731 e. The van der Waals surface area contributed by atoms with Gasteiger partial charge in [0.25, 0.3) is 0 Å². The summed E-state index contributed by atoms with van der Waals surface area (Å²) >= 11 is 7.79. The Morgan fingerprint density at radius 1 is 1.60 bits per heavy atom. The summed E-state index contributed by atoms with van der Waals surface area (Å²) in [5.41, 5.74) is 6.66. The van der Waals surface area contributed by atoms with Crippen LogP contribution in [0.4, 0.5) is 0 Å². The third-order valence-electron chi connectivity index (χ3n) is 2.76. The van der Waals surface area contributed by atoms with Crippen LogP contribution in [-0.2, 0) is 0 Å². The highest BCUT2D eigenvalue weighted by Gasteiger charge is 2.26. The molecule has 2 rings (SSSR count). The number of aliphatic hydroxyl groups excluding tert-OH is 1. The van der Waals surface area contributed by atoms with Gasteiger partial charge in [0.1, 0.15) is 0 Å². The molecule has 1 aliphatic rings. The molecule has 82 valence electrons. The average Bonchev–Trinajstić information content (AvgIpc) is 2.27. The van der Waals surface area contributed by atoms with Crippen molar-refractivity contribution in [1.82, 2.24) is 0 Å². The fourth-order valence-electron chi connectivity index (χ4n) is 1.96. The van der Waals surface area contributed by atoms with Gasteiger partial charge in [0.15, 0.2) is 0 Å². The number of nitrogens with two attached hydrogens (primary N) is 1. The summed E-state index contributed by atoms with van der Waals surface area (Å²) in [5, 5.41) is 10.6. The van der Waals surface area contributed by atoms with E-state index >= 15 is 0 Å². The zero-order valence-corrected chi connectivity index (χ0v) is 9.89. The van der Waals surface area contributed by atoms with E-state index in [1.54, 1.807) is 0 Å².